The number of methoxy groups -OCH3 is 1. The van der Waals surface area contributed by atoms with Gasteiger partial charge in [-0.15, -0.1) is 0 Å². The normalized spacial score (nSPS) is 9.79. The van der Waals surface area contributed by atoms with Crippen molar-refractivity contribution in [3.63, 3.8) is 0 Å². The third-order valence-electron chi connectivity index (χ3n) is 2.72. The number of aryl methyl sites for hydroxylation is 1. The number of hydrazine groups is 1. The Morgan fingerprint density at radius 3 is 2.21 bits per heavy atom. The Morgan fingerprint density at radius 2 is 1.63 bits per heavy atom. The molecule has 0 saturated carbocycles. The minimum absolute atomic E-state index is 0.191. The van der Waals surface area contributed by atoms with Gasteiger partial charge in [0.15, 0.2) is 0 Å². The molecule has 0 atom stereocenters. The Kier molecular flexibility index (Phi) is 4.03. The summed E-state index contributed by atoms with van der Waals surface area (Å²) in [6, 6.07) is 14.7. The number of rotatable bonds is 4. The lowest BCUT2D eigenvalue weighted by Crippen LogP contribution is -2.29. The zero-order chi connectivity index (χ0) is 13.7. The third-order valence-corrected chi connectivity index (χ3v) is 2.72. The first-order chi connectivity index (χ1) is 9.19. The summed E-state index contributed by atoms with van der Waals surface area (Å²) in [5.74, 6) is 0.534. The van der Waals surface area contributed by atoms with Gasteiger partial charge in [0.05, 0.1) is 12.8 Å². The molecule has 1 amide bonds. The number of hydrogen-bond donors (Lipinski definition) is 2. The van der Waals surface area contributed by atoms with Gasteiger partial charge in [0, 0.05) is 5.56 Å². The van der Waals surface area contributed by atoms with Crippen LogP contribution in [0, 0.1) is 6.92 Å². The van der Waals surface area contributed by atoms with Crippen LogP contribution in [0.2, 0.25) is 0 Å². The smallest absolute Gasteiger partial charge is 0.269 e. The van der Waals surface area contributed by atoms with Gasteiger partial charge in [0.25, 0.3) is 5.91 Å². The average Bonchev–Trinajstić information content (AvgIpc) is 2.46. The Balaban J connectivity index is 1.95. The van der Waals surface area contributed by atoms with Crippen molar-refractivity contribution >= 4 is 11.6 Å². The summed E-state index contributed by atoms with van der Waals surface area (Å²) >= 11 is 0. The number of amides is 1. The standard InChI is InChI=1S/C15H16N2O2/c1-11-3-7-13(8-4-11)16-17-15(18)12-5-9-14(19-2)10-6-12/h3-10,16H,1-2H3,(H,17,18). The van der Waals surface area contributed by atoms with Gasteiger partial charge in [-0.3, -0.25) is 15.6 Å². The minimum atomic E-state index is -0.191. The van der Waals surface area contributed by atoms with Crippen molar-refractivity contribution in [3.8, 4) is 5.75 Å². The molecule has 0 spiro atoms. The molecule has 0 aromatic heterocycles. The van der Waals surface area contributed by atoms with Crippen molar-refractivity contribution in [3.05, 3.63) is 59.7 Å². The van der Waals surface area contributed by atoms with Crippen molar-refractivity contribution in [1.82, 2.24) is 5.43 Å². The Hall–Kier alpha value is -2.49. The summed E-state index contributed by atoms with van der Waals surface area (Å²) in [6.07, 6.45) is 0. The van der Waals surface area contributed by atoms with Crippen LogP contribution in [0.3, 0.4) is 0 Å². The molecule has 0 aliphatic carbocycles. The summed E-state index contributed by atoms with van der Waals surface area (Å²) in [5, 5.41) is 0. The molecule has 98 valence electrons. The van der Waals surface area contributed by atoms with Crippen LogP contribution in [-0.4, -0.2) is 13.0 Å². The van der Waals surface area contributed by atoms with Crippen LogP contribution in [0.4, 0.5) is 5.69 Å². The van der Waals surface area contributed by atoms with E-state index in [0.717, 1.165) is 11.4 Å². The molecule has 0 aliphatic heterocycles. The lowest BCUT2D eigenvalue weighted by molar-refractivity contribution is 0.0962. The van der Waals surface area contributed by atoms with E-state index in [1.165, 1.54) is 5.56 Å². The number of hydrogen-bond acceptors (Lipinski definition) is 3. The molecule has 0 saturated heterocycles. The van der Waals surface area contributed by atoms with Crippen molar-refractivity contribution in [2.75, 3.05) is 12.5 Å². The topological polar surface area (TPSA) is 50.4 Å². The molecule has 0 fully saturated rings. The number of anilines is 1. The van der Waals surface area contributed by atoms with Crippen molar-refractivity contribution in [2.45, 2.75) is 6.92 Å². The van der Waals surface area contributed by atoms with Gasteiger partial charge in [0.1, 0.15) is 5.75 Å². The predicted octanol–water partition coefficient (Wildman–Crippen LogP) is 2.76. The van der Waals surface area contributed by atoms with E-state index < -0.39 is 0 Å². The van der Waals surface area contributed by atoms with E-state index in [-0.39, 0.29) is 5.91 Å². The molecule has 0 aliphatic rings. The fourth-order valence-corrected chi connectivity index (χ4v) is 1.58. The lowest BCUT2D eigenvalue weighted by Gasteiger charge is -2.09. The highest BCUT2D eigenvalue weighted by atomic mass is 16.5. The summed E-state index contributed by atoms with van der Waals surface area (Å²) < 4.78 is 5.04. The maximum atomic E-state index is 11.9. The fourth-order valence-electron chi connectivity index (χ4n) is 1.58. The maximum Gasteiger partial charge on any atom is 0.269 e. The first kappa shape index (κ1) is 13.0. The van der Waals surface area contributed by atoms with Crippen LogP contribution >= 0.6 is 0 Å². The van der Waals surface area contributed by atoms with Crippen LogP contribution < -0.4 is 15.6 Å². The number of nitrogens with one attached hydrogen (secondary N) is 2. The number of carbonyl (C=O) groups is 1. The molecule has 19 heavy (non-hydrogen) atoms. The SMILES string of the molecule is COc1ccc(C(=O)NNc2ccc(C)cc2)cc1. The largest absolute Gasteiger partial charge is 0.497 e. The minimum Gasteiger partial charge on any atom is -0.497 e. The van der Waals surface area contributed by atoms with E-state index in [2.05, 4.69) is 10.9 Å². The molecule has 0 radical (unpaired) electrons. The zero-order valence-electron chi connectivity index (χ0n) is 10.9. The number of benzene rings is 2. The quantitative estimate of drug-likeness (QED) is 0.827. The number of carbonyl (C=O) groups excluding carboxylic acids is 1. The van der Waals surface area contributed by atoms with E-state index >= 15 is 0 Å². The van der Waals surface area contributed by atoms with E-state index in [1.807, 2.05) is 31.2 Å². The summed E-state index contributed by atoms with van der Waals surface area (Å²) in [4.78, 5) is 11.9. The summed E-state index contributed by atoms with van der Waals surface area (Å²) in [5.41, 5.74) is 8.09. The van der Waals surface area contributed by atoms with Crippen LogP contribution in [-0.2, 0) is 0 Å². The molecule has 0 bridgehead atoms. The van der Waals surface area contributed by atoms with Gasteiger partial charge in [-0.2, -0.15) is 0 Å². The van der Waals surface area contributed by atoms with Gasteiger partial charge in [0.2, 0.25) is 0 Å². The van der Waals surface area contributed by atoms with Gasteiger partial charge < -0.3 is 4.74 Å². The van der Waals surface area contributed by atoms with Gasteiger partial charge in [-0.25, -0.2) is 0 Å². The molecular formula is C15H16N2O2. The van der Waals surface area contributed by atoms with E-state index in [0.29, 0.717) is 5.56 Å². The average molecular weight is 256 g/mol. The van der Waals surface area contributed by atoms with Crippen molar-refractivity contribution in [1.29, 1.82) is 0 Å². The maximum absolute atomic E-state index is 11.9. The van der Waals surface area contributed by atoms with Gasteiger partial charge in [-0.1, -0.05) is 17.7 Å². The Labute approximate surface area is 112 Å². The van der Waals surface area contributed by atoms with Crippen LogP contribution in [0.5, 0.6) is 5.75 Å². The van der Waals surface area contributed by atoms with E-state index in [9.17, 15) is 4.79 Å². The highest BCUT2D eigenvalue weighted by Crippen LogP contribution is 2.11. The molecule has 0 unspecified atom stereocenters. The van der Waals surface area contributed by atoms with Crippen LogP contribution in [0.15, 0.2) is 48.5 Å². The Bertz CT molecular complexity index is 547. The van der Waals surface area contributed by atoms with Gasteiger partial charge >= 0.3 is 0 Å². The molecule has 4 heteroatoms. The van der Waals surface area contributed by atoms with E-state index in [4.69, 9.17) is 4.74 Å². The van der Waals surface area contributed by atoms with E-state index in [1.54, 1.807) is 31.4 Å². The lowest BCUT2D eigenvalue weighted by atomic mass is 10.2. The number of ether oxygens (including phenoxy) is 1. The predicted molar refractivity (Wildman–Crippen MR) is 75.3 cm³/mol. The monoisotopic (exact) mass is 256 g/mol. The summed E-state index contributed by atoms with van der Waals surface area (Å²) in [6.45, 7) is 2.01. The second kappa shape index (κ2) is 5.91. The molecule has 2 N–H and O–H groups in total. The molecular weight excluding hydrogens is 240 g/mol. The molecule has 2 rings (SSSR count). The Morgan fingerprint density at radius 1 is 1.00 bits per heavy atom. The fraction of sp³-hybridized carbons (Fsp3) is 0.133. The second-order valence-electron chi connectivity index (χ2n) is 4.17. The highest BCUT2D eigenvalue weighted by molar-refractivity contribution is 5.94. The zero-order valence-corrected chi connectivity index (χ0v) is 10.9. The van der Waals surface area contributed by atoms with Crippen molar-refractivity contribution < 1.29 is 9.53 Å². The van der Waals surface area contributed by atoms with Gasteiger partial charge in [-0.05, 0) is 43.3 Å². The molecule has 2 aromatic carbocycles. The van der Waals surface area contributed by atoms with Crippen LogP contribution in [0.1, 0.15) is 15.9 Å². The second-order valence-corrected chi connectivity index (χ2v) is 4.17. The third kappa shape index (κ3) is 3.48. The first-order valence-electron chi connectivity index (χ1n) is 5.96. The van der Waals surface area contributed by atoms with Crippen LogP contribution in [0.25, 0.3) is 0 Å². The molecule has 4 nitrogen and oxygen atoms in total. The summed E-state index contributed by atoms with van der Waals surface area (Å²) in [7, 11) is 1.59. The highest BCUT2D eigenvalue weighted by Gasteiger charge is 2.04. The molecule has 0 heterocycles. The first-order valence-corrected chi connectivity index (χ1v) is 5.96. The molecule has 2 aromatic rings. The van der Waals surface area contributed by atoms with Crippen molar-refractivity contribution in [2.24, 2.45) is 0 Å².